The first-order valence-electron chi connectivity index (χ1n) is 7.22. The minimum Gasteiger partial charge on any atom is -0.377 e. The number of benzene rings is 1. The van der Waals surface area contributed by atoms with Crippen LogP contribution in [0.1, 0.15) is 24.0 Å². The molecular formula is C16H24N2O2. The van der Waals surface area contributed by atoms with Crippen molar-refractivity contribution < 1.29 is 9.53 Å². The molecule has 1 fully saturated rings. The Kier molecular flexibility index (Phi) is 5.15. The summed E-state index contributed by atoms with van der Waals surface area (Å²) >= 11 is 0. The molecule has 20 heavy (non-hydrogen) atoms. The van der Waals surface area contributed by atoms with Crippen molar-refractivity contribution in [2.24, 2.45) is 0 Å². The van der Waals surface area contributed by atoms with E-state index in [1.807, 2.05) is 31.0 Å². The summed E-state index contributed by atoms with van der Waals surface area (Å²) in [5.41, 5.74) is 3.22. The number of hydrogen-bond acceptors (Lipinski definition) is 3. The zero-order chi connectivity index (χ0) is 14.5. The Bertz CT molecular complexity index is 468. The summed E-state index contributed by atoms with van der Waals surface area (Å²) < 4.78 is 5.58. The second kappa shape index (κ2) is 6.86. The Hall–Kier alpha value is -1.39. The van der Waals surface area contributed by atoms with Crippen LogP contribution in [0.25, 0.3) is 0 Å². The molecule has 1 saturated heterocycles. The summed E-state index contributed by atoms with van der Waals surface area (Å²) in [5, 5.41) is 2.99. The van der Waals surface area contributed by atoms with Gasteiger partial charge in [0.15, 0.2) is 0 Å². The number of amides is 1. The Balaban J connectivity index is 1.83. The zero-order valence-electron chi connectivity index (χ0n) is 12.6. The van der Waals surface area contributed by atoms with Crippen LogP contribution in [0.3, 0.4) is 0 Å². The van der Waals surface area contributed by atoms with Gasteiger partial charge in [0.1, 0.15) is 0 Å². The number of likely N-dealkylation sites (N-methyl/N-ethyl adjacent to an activating group) is 1. The summed E-state index contributed by atoms with van der Waals surface area (Å²) in [4.78, 5) is 14.1. The molecule has 110 valence electrons. The molecule has 1 atom stereocenters. The summed E-state index contributed by atoms with van der Waals surface area (Å²) in [7, 11) is 1.96. The molecule has 1 N–H and O–H groups in total. The van der Waals surface area contributed by atoms with Crippen molar-refractivity contribution in [2.75, 3.05) is 32.1 Å². The molecule has 0 spiro atoms. The first-order valence-corrected chi connectivity index (χ1v) is 7.22. The average molecular weight is 276 g/mol. The number of ether oxygens (including phenoxy) is 1. The van der Waals surface area contributed by atoms with Crippen molar-refractivity contribution >= 4 is 11.6 Å². The topological polar surface area (TPSA) is 41.6 Å². The lowest BCUT2D eigenvalue weighted by Crippen LogP contribution is -2.35. The molecule has 0 aliphatic carbocycles. The van der Waals surface area contributed by atoms with E-state index in [-0.39, 0.29) is 12.0 Å². The molecule has 1 aromatic rings. The fourth-order valence-electron chi connectivity index (χ4n) is 2.52. The lowest BCUT2D eigenvalue weighted by Gasteiger charge is -2.20. The number of nitrogens with one attached hydrogen (secondary N) is 1. The van der Waals surface area contributed by atoms with Crippen LogP contribution in [-0.2, 0) is 9.53 Å². The minimum atomic E-state index is 0.0270. The summed E-state index contributed by atoms with van der Waals surface area (Å²) in [6.45, 7) is 6.15. The van der Waals surface area contributed by atoms with Gasteiger partial charge in [0.2, 0.25) is 5.91 Å². The van der Waals surface area contributed by atoms with Crippen molar-refractivity contribution in [3.05, 3.63) is 29.3 Å². The third-order valence-corrected chi connectivity index (χ3v) is 3.83. The second-order valence-electron chi connectivity index (χ2n) is 5.63. The van der Waals surface area contributed by atoms with Crippen molar-refractivity contribution in [1.29, 1.82) is 0 Å². The number of nitrogens with zero attached hydrogens (tertiary/aromatic N) is 1. The van der Waals surface area contributed by atoms with E-state index in [1.165, 1.54) is 5.56 Å². The van der Waals surface area contributed by atoms with Gasteiger partial charge >= 0.3 is 0 Å². The molecule has 4 heteroatoms. The maximum Gasteiger partial charge on any atom is 0.238 e. The van der Waals surface area contributed by atoms with Crippen molar-refractivity contribution in [1.82, 2.24) is 4.90 Å². The largest absolute Gasteiger partial charge is 0.377 e. The lowest BCUT2D eigenvalue weighted by molar-refractivity contribution is -0.117. The number of hydrogen-bond donors (Lipinski definition) is 1. The Morgan fingerprint density at radius 3 is 2.95 bits per heavy atom. The average Bonchev–Trinajstić information content (AvgIpc) is 2.87. The molecule has 0 aromatic heterocycles. The van der Waals surface area contributed by atoms with Gasteiger partial charge < -0.3 is 10.1 Å². The number of rotatable bonds is 5. The Labute approximate surface area is 121 Å². The number of aryl methyl sites for hydroxylation is 1. The van der Waals surface area contributed by atoms with E-state index >= 15 is 0 Å². The summed E-state index contributed by atoms with van der Waals surface area (Å²) in [6, 6.07) is 5.96. The van der Waals surface area contributed by atoms with Crippen LogP contribution in [0.15, 0.2) is 18.2 Å². The third kappa shape index (κ3) is 4.05. The molecule has 0 saturated carbocycles. The molecule has 1 aliphatic rings. The maximum atomic E-state index is 12.1. The van der Waals surface area contributed by atoms with Crippen LogP contribution in [-0.4, -0.2) is 43.7 Å². The van der Waals surface area contributed by atoms with Gasteiger partial charge in [-0.1, -0.05) is 12.1 Å². The first kappa shape index (κ1) is 15.0. The van der Waals surface area contributed by atoms with E-state index in [0.717, 1.165) is 37.2 Å². The Morgan fingerprint density at radius 1 is 1.45 bits per heavy atom. The molecule has 4 nitrogen and oxygen atoms in total. The van der Waals surface area contributed by atoms with Crippen LogP contribution < -0.4 is 5.32 Å². The predicted molar refractivity (Wildman–Crippen MR) is 81.0 cm³/mol. The number of anilines is 1. The van der Waals surface area contributed by atoms with Crippen LogP contribution in [0.4, 0.5) is 5.69 Å². The highest BCUT2D eigenvalue weighted by molar-refractivity contribution is 5.93. The highest BCUT2D eigenvalue weighted by Gasteiger charge is 2.18. The van der Waals surface area contributed by atoms with E-state index in [9.17, 15) is 4.79 Å². The fraction of sp³-hybridized carbons (Fsp3) is 0.562. The molecule has 1 aromatic carbocycles. The summed E-state index contributed by atoms with van der Waals surface area (Å²) in [6.07, 6.45) is 2.52. The smallest absolute Gasteiger partial charge is 0.238 e. The van der Waals surface area contributed by atoms with Crippen LogP contribution in [0.2, 0.25) is 0 Å². The van der Waals surface area contributed by atoms with E-state index in [4.69, 9.17) is 4.74 Å². The maximum absolute atomic E-state index is 12.1. The Morgan fingerprint density at radius 2 is 2.25 bits per heavy atom. The van der Waals surface area contributed by atoms with E-state index in [0.29, 0.717) is 6.54 Å². The molecule has 2 rings (SSSR count). The van der Waals surface area contributed by atoms with E-state index in [1.54, 1.807) is 0 Å². The van der Waals surface area contributed by atoms with Gasteiger partial charge in [0, 0.05) is 18.8 Å². The van der Waals surface area contributed by atoms with Gasteiger partial charge in [-0.25, -0.2) is 0 Å². The zero-order valence-corrected chi connectivity index (χ0v) is 12.6. The second-order valence-corrected chi connectivity index (χ2v) is 5.63. The number of carbonyl (C=O) groups is 1. The lowest BCUT2D eigenvalue weighted by atomic mass is 10.1. The standard InChI is InChI=1S/C16H24N2O2/c1-12-6-4-8-15(13(12)2)17-16(19)11-18(3)10-14-7-5-9-20-14/h4,6,8,14H,5,7,9-11H2,1-3H3,(H,17,19). The van der Waals surface area contributed by atoms with Crippen LogP contribution in [0, 0.1) is 13.8 Å². The number of carbonyl (C=O) groups excluding carboxylic acids is 1. The van der Waals surface area contributed by atoms with Gasteiger partial charge in [0.25, 0.3) is 0 Å². The van der Waals surface area contributed by atoms with Crippen LogP contribution in [0.5, 0.6) is 0 Å². The highest BCUT2D eigenvalue weighted by atomic mass is 16.5. The first-order chi connectivity index (χ1) is 9.56. The van der Waals surface area contributed by atoms with Crippen molar-refractivity contribution in [3.8, 4) is 0 Å². The quantitative estimate of drug-likeness (QED) is 0.897. The molecule has 0 bridgehead atoms. The van der Waals surface area contributed by atoms with Gasteiger partial charge in [-0.15, -0.1) is 0 Å². The van der Waals surface area contributed by atoms with Gasteiger partial charge in [-0.3, -0.25) is 9.69 Å². The fourth-order valence-corrected chi connectivity index (χ4v) is 2.52. The molecule has 1 unspecified atom stereocenters. The SMILES string of the molecule is Cc1cccc(NC(=O)CN(C)CC2CCCO2)c1C. The van der Waals surface area contributed by atoms with Gasteiger partial charge in [-0.2, -0.15) is 0 Å². The summed E-state index contributed by atoms with van der Waals surface area (Å²) in [5.74, 6) is 0.0270. The van der Waals surface area contributed by atoms with E-state index < -0.39 is 0 Å². The molecule has 0 radical (unpaired) electrons. The van der Waals surface area contributed by atoms with Crippen LogP contribution >= 0.6 is 0 Å². The third-order valence-electron chi connectivity index (χ3n) is 3.83. The normalized spacial score (nSPS) is 18.5. The molecule has 1 heterocycles. The van der Waals surface area contributed by atoms with Crippen molar-refractivity contribution in [2.45, 2.75) is 32.8 Å². The highest BCUT2D eigenvalue weighted by Crippen LogP contribution is 2.18. The van der Waals surface area contributed by atoms with E-state index in [2.05, 4.69) is 18.3 Å². The van der Waals surface area contributed by atoms with Gasteiger partial charge in [0.05, 0.1) is 12.6 Å². The minimum absolute atomic E-state index is 0.0270. The molecule has 1 aliphatic heterocycles. The molecular weight excluding hydrogens is 252 g/mol. The molecule has 1 amide bonds. The monoisotopic (exact) mass is 276 g/mol. The van der Waals surface area contributed by atoms with Gasteiger partial charge in [-0.05, 0) is 50.9 Å². The van der Waals surface area contributed by atoms with Crippen molar-refractivity contribution in [3.63, 3.8) is 0 Å². The predicted octanol–water partition coefficient (Wildman–Crippen LogP) is 2.35.